The molecule has 1 saturated heterocycles. The highest BCUT2D eigenvalue weighted by Crippen LogP contribution is 2.37. The Bertz CT molecular complexity index is 268. The molecule has 0 aromatic heterocycles. The fourth-order valence-corrected chi connectivity index (χ4v) is 3.05. The summed E-state index contributed by atoms with van der Waals surface area (Å²) in [7, 11) is 0. The first-order valence-electron chi connectivity index (χ1n) is 8.05. The number of likely N-dealkylation sites (tertiary alicyclic amines) is 1. The highest BCUT2D eigenvalue weighted by Gasteiger charge is 2.30. The predicted octanol–water partition coefficient (Wildman–Crippen LogP) is 3.17. The monoisotopic (exact) mass is 265 g/mol. The van der Waals surface area contributed by atoms with Gasteiger partial charge in [0.1, 0.15) is 0 Å². The van der Waals surface area contributed by atoms with Crippen molar-refractivity contribution in [3.05, 3.63) is 0 Å². The van der Waals surface area contributed by atoms with Gasteiger partial charge in [-0.25, -0.2) is 0 Å². The van der Waals surface area contributed by atoms with Crippen molar-refractivity contribution >= 4 is 0 Å². The van der Waals surface area contributed by atoms with Gasteiger partial charge < -0.3 is 10.2 Å². The SMILES string of the molecule is CCCNC(C#N)CCN1CCC(CC)(CC)CC1. The van der Waals surface area contributed by atoms with Gasteiger partial charge in [-0.05, 0) is 50.7 Å². The molecule has 1 heterocycles. The predicted molar refractivity (Wildman–Crippen MR) is 81.0 cm³/mol. The van der Waals surface area contributed by atoms with Crippen LogP contribution in [0.2, 0.25) is 0 Å². The van der Waals surface area contributed by atoms with Crippen LogP contribution in [0.3, 0.4) is 0 Å². The Kier molecular flexibility index (Phi) is 7.41. The van der Waals surface area contributed by atoms with E-state index in [4.69, 9.17) is 5.26 Å². The lowest BCUT2D eigenvalue weighted by molar-refractivity contribution is 0.0937. The summed E-state index contributed by atoms with van der Waals surface area (Å²) in [5.41, 5.74) is 0.603. The van der Waals surface area contributed by atoms with Crippen LogP contribution in [0.5, 0.6) is 0 Å². The normalized spacial score (nSPS) is 20.9. The zero-order valence-corrected chi connectivity index (χ0v) is 13.0. The molecule has 0 bridgehead atoms. The van der Waals surface area contributed by atoms with E-state index in [-0.39, 0.29) is 6.04 Å². The molecular weight excluding hydrogens is 234 g/mol. The van der Waals surface area contributed by atoms with Gasteiger partial charge in [0.2, 0.25) is 0 Å². The van der Waals surface area contributed by atoms with Crippen LogP contribution < -0.4 is 5.32 Å². The second-order valence-corrected chi connectivity index (χ2v) is 5.97. The minimum atomic E-state index is 0.0315. The molecule has 1 unspecified atom stereocenters. The van der Waals surface area contributed by atoms with Gasteiger partial charge in [0.15, 0.2) is 0 Å². The van der Waals surface area contributed by atoms with Crippen LogP contribution in [0.25, 0.3) is 0 Å². The second kappa shape index (κ2) is 8.55. The van der Waals surface area contributed by atoms with Crippen LogP contribution in [0.1, 0.15) is 59.3 Å². The number of hydrogen-bond acceptors (Lipinski definition) is 3. The molecule has 0 amide bonds. The maximum absolute atomic E-state index is 9.11. The summed E-state index contributed by atoms with van der Waals surface area (Å²) in [6.45, 7) is 11.3. The Labute approximate surface area is 119 Å². The molecule has 19 heavy (non-hydrogen) atoms. The molecule has 0 spiro atoms. The molecule has 0 aromatic carbocycles. The summed E-state index contributed by atoms with van der Waals surface area (Å²) in [6, 6.07) is 2.41. The van der Waals surface area contributed by atoms with Crippen molar-refractivity contribution in [1.29, 1.82) is 5.26 Å². The van der Waals surface area contributed by atoms with Crippen LogP contribution >= 0.6 is 0 Å². The molecule has 0 radical (unpaired) electrons. The molecule has 110 valence electrons. The molecule has 1 N–H and O–H groups in total. The summed E-state index contributed by atoms with van der Waals surface area (Å²) in [5.74, 6) is 0. The number of rotatable bonds is 8. The highest BCUT2D eigenvalue weighted by atomic mass is 15.1. The molecule has 0 saturated carbocycles. The van der Waals surface area contributed by atoms with Gasteiger partial charge >= 0.3 is 0 Å². The maximum Gasteiger partial charge on any atom is 0.0965 e. The largest absolute Gasteiger partial charge is 0.303 e. The molecule has 3 heteroatoms. The molecule has 1 rings (SSSR count). The molecule has 1 aliphatic heterocycles. The van der Waals surface area contributed by atoms with Crippen LogP contribution in [0.4, 0.5) is 0 Å². The Morgan fingerprint density at radius 1 is 1.21 bits per heavy atom. The highest BCUT2D eigenvalue weighted by molar-refractivity contribution is 4.91. The van der Waals surface area contributed by atoms with Gasteiger partial charge in [0.25, 0.3) is 0 Å². The third-order valence-electron chi connectivity index (χ3n) is 4.95. The van der Waals surface area contributed by atoms with Crippen LogP contribution in [0.15, 0.2) is 0 Å². The third-order valence-corrected chi connectivity index (χ3v) is 4.95. The van der Waals surface area contributed by atoms with Crippen molar-refractivity contribution in [2.24, 2.45) is 5.41 Å². The summed E-state index contributed by atoms with van der Waals surface area (Å²) >= 11 is 0. The molecule has 1 fully saturated rings. The van der Waals surface area contributed by atoms with E-state index >= 15 is 0 Å². The minimum absolute atomic E-state index is 0.0315. The van der Waals surface area contributed by atoms with Crippen molar-refractivity contribution in [3.8, 4) is 6.07 Å². The number of nitriles is 1. The van der Waals surface area contributed by atoms with Crippen molar-refractivity contribution < 1.29 is 0 Å². The first kappa shape index (κ1) is 16.5. The van der Waals surface area contributed by atoms with Crippen molar-refractivity contribution in [1.82, 2.24) is 10.2 Å². The Balaban J connectivity index is 2.27. The van der Waals surface area contributed by atoms with E-state index in [1.165, 1.54) is 38.8 Å². The summed E-state index contributed by atoms with van der Waals surface area (Å²) in [4.78, 5) is 2.54. The number of hydrogen-bond donors (Lipinski definition) is 1. The van der Waals surface area contributed by atoms with E-state index in [1.54, 1.807) is 0 Å². The lowest BCUT2D eigenvalue weighted by Gasteiger charge is -2.41. The molecule has 0 aliphatic carbocycles. The average Bonchev–Trinajstić information content (AvgIpc) is 2.48. The molecular formula is C16H31N3. The number of piperidine rings is 1. The average molecular weight is 265 g/mol. The van der Waals surface area contributed by atoms with Crippen molar-refractivity contribution in [3.63, 3.8) is 0 Å². The molecule has 3 nitrogen and oxygen atoms in total. The summed E-state index contributed by atoms with van der Waals surface area (Å²) in [6.07, 6.45) is 7.35. The minimum Gasteiger partial charge on any atom is -0.303 e. The van der Waals surface area contributed by atoms with Crippen LogP contribution in [-0.4, -0.2) is 37.1 Å². The Morgan fingerprint density at radius 2 is 1.84 bits per heavy atom. The third kappa shape index (κ3) is 5.12. The standard InChI is InChI=1S/C16H31N3/c1-4-10-18-15(14-17)7-11-19-12-8-16(5-2,6-3)9-13-19/h15,18H,4-13H2,1-3H3. The van der Waals surface area contributed by atoms with Crippen molar-refractivity contribution in [2.75, 3.05) is 26.2 Å². The van der Waals surface area contributed by atoms with E-state index in [1.807, 2.05) is 0 Å². The lowest BCUT2D eigenvalue weighted by atomic mass is 9.74. The maximum atomic E-state index is 9.11. The Morgan fingerprint density at radius 3 is 2.32 bits per heavy atom. The number of nitrogens with zero attached hydrogens (tertiary/aromatic N) is 2. The molecule has 1 aliphatic rings. The van der Waals surface area contributed by atoms with Crippen molar-refractivity contribution in [2.45, 2.75) is 65.3 Å². The van der Waals surface area contributed by atoms with Gasteiger partial charge in [-0.3, -0.25) is 0 Å². The van der Waals surface area contributed by atoms with Gasteiger partial charge in [-0.1, -0.05) is 33.6 Å². The fraction of sp³-hybridized carbons (Fsp3) is 0.938. The van der Waals surface area contributed by atoms with E-state index in [2.05, 4.69) is 37.1 Å². The zero-order valence-electron chi connectivity index (χ0n) is 13.0. The second-order valence-electron chi connectivity index (χ2n) is 5.97. The first-order chi connectivity index (χ1) is 9.19. The topological polar surface area (TPSA) is 39.1 Å². The van der Waals surface area contributed by atoms with Gasteiger partial charge in [-0.15, -0.1) is 0 Å². The van der Waals surface area contributed by atoms with E-state index < -0.39 is 0 Å². The number of nitrogens with one attached hydrogen (secondary N) is 1. The summed E-state index contributed by atoms with van der Waals surface area (Å²) < 4.78 is 0. The lowest BCUT2D eigenvalue weighted by Crippen LogP contribution is -2.41. The fourth-order valence-electron chi connectivity index (χ4n) is 3.05. The van der Waals surface area contributed by atoms with Gasteiger partial charge in [0, 0.05) is 6.54 Å². The molecule has 0 aromatic rings. The van der Waals surface area contributed by atoms with Gasteiger partial charge in [0.05, 0.1) is 12.1 Å². The van der Waals surface area contributed by atoms with E-state index in [9.17, 15) is 0 Å². The molecule has 1 atom stereocenters. The van der Waals surface area contributed by atoms with Gasteiger partial charge in [-0.2, -0.15) is 5.26 Å². The zero-order chi connectivity index (χ0) is 14.1. The first-order valence-corrected chi connectivity index (χ1v) is 8.05. The van der Waals surface area contributed by atoms with Crippen LogP contribution in [-0.2, 0) is 0 Å². The van der Waals surface area contributed by atoms with E-state index in [0.717, 1.165) is 25.9 Å². The van der Waals surface area contributed by atoms with E-state index in [0.29, 0.717) is 5.41 Å². The smallest absolute Gasteiger partial charge is 0.0965 e. The van der Waals surface area contributed by atoms with Crippen LogP contribution in [0, 0.1) is 16.7 Å². The Hall–Kier alpha value is -0.590. The quantitative estimate of drug-likeness (QED) is 0.732. The summed E-state index contributed by atoms with van der Waals surface area (Å²) in [5, 5.41) is 12.4.